The lowest BCUT2D eigenvalue weighted by molar-refractivity contribution is 0.262. The highest BCUT2D eigenvalue weighted by Crippen LogP contribution is 2.20. The second-order valence-corrected chi connectivity index (χ2v) is 5.38. The van der Waals surface area contributed by atoms with Gasteiger partial charge < -0.3 is 10.6 Å². The standard InChI is InChI=1S/C16H14ClN5O/c1-9-10(2)20-14-8-11(5-6-12(14)19-9)21-16(23)22-13-4-3-7-18-15(13)17/h3-8H,1-2H3,(H2,21,22,23). The van der Waals surface area contributed by atoms with Crippen LogP contribution in [-0.4, -0.2) is 21.0 Å². The van der Waals surface area contributed by atoms with Gasteiger partial charge in [0.2, 0.25) is 0 Å². The van der Waals surface area contributed by atoms with E-state index >= 15 is 0 Å². The Hall–Kier alpha value is -2.73. The number of benzene rings is 1. The Balaban J connectivity index is 1.80. The number of amides is 2. The second-order valence-electron chi connectivity index (χ2n) is 5.02. The summed E-state index contributed by atoms with van der Waals surface area (Å²) in [7, 11) is 0. The predicted octanol–water partition coefficient (Wildman–Crippen LogP) is 3.94. The molecule has 0 aliphatic rings. The Labute approximate surface area is 137 Å². The number of hydrogen-bond donors (Lipinski definition) is 2. The van der Waals surface area contributed by atoms with Gasteiger partial charge in [0.25, 0.3) is 0 Å². The molecule has 2 N–H and O–H groups in total. The third-order valence-corrected chi connectivity index (χ3v) is 3.64. The maximum atomic E-state index is 12.0. The lowest BCUT2D eigenvalue weighted by Gasteiger charge is -2.09. The summed E-state index contributed by atoms with van der Waals surface area (Å²) in [6.45, 7) is 3.82. The van der Waals surface area contributed by atoms with E-state index in [2.05, 4.69) is 25.6 Å². The van der Waals surface area contributed by atoms with Crippen LogP contribution in [0.4, 0.5) is 16.2 Å². The summed E-state index contributed by atoms with van der Waals surface area (Å²) in [5.41, 5.74) is 4.33. The zero-order valence-corrected chi connectivity index (χ0v) is 13.3. The number of aryl methyl sites for hydroxylation is 2. The maximum absolute atomic E-state index is 12.0. The number of pyridine rings is 1. The Kier molecular flexibility index (Phi) is 4.08. The number of rotatable bonds is 2. The zero-order valence-electron chi connectivity index (χ0n) is 12.6. The van der Waals surface area contributed by atoms with E-state index in [0.29, 0.717) is 11.4 Å². The van der Waals surface area contributed by atoms with Crippen LogP contribution in [0, 0.1) is 13.8 Å². The van der Waals surface area contributed by atoms with Gasteiger partial charge in [-0.1, -0.05) is 11.6 Å². The number of carbonyl (C=O) groups excluding carboxylic acids is 1. The van der Waals surface area contributed by atoms with Crippen LogP contribution < -0.4 is 10.6 Å². The summed E-state index contributed by atoms with van der Waals surface area (Å²) in [5, 5.41) is 5.62. The fourth-order valence-corrected chi connectivity index (χ4v) is 2.24. The van der Waals surface area contributed by atoms with Crippen LogP contribution in [0.1, 0.15) is 11.4 Å². The van der Waals surface area contributed by atoms with E-state index in [1.165, 1.54) is 0 Å². The van der Waals surface area contributed by atoms with Gasteiger partial charge in [-0.05, 0) is 44.2 Å². The minimum Gasteiger partial charge on any atom is -0.308 e. The van der Waals surface area contributed by atoms with Gasteiger partial charge in [-0.3, -0.25) is 0 Å². The number of aromatic nitrogens is 3. The first kappa shape index (κ1) is 15.2. The molecule has 0 radical (unpaired) electrons. The summed E-state index contributed by atoms with van der Waals surface area (Å²) in [6.07, 6.45) is 1.55. The number of nitrogens with one attached hydrogen (secondary N) is 2. The van der Waals surface area contributed by atoms with Crippen molar-refractivity contribution in [3.63, 3.8) is 0 Å². The topological polar surface area (TPSA) is 79.8 Å². The third-order valence-electron chi connectivity index (χ3n) is 3.34. The molecule has 116 valence electrons. The molecule has 2 heterocycles. The lowest BCUT2D eigenvalue weighted by Crippen LogP contribution is -2.19. The molecule has 0 saturated carbocycles. The van der Waals surface area contributed by atoms with E-state index in [1.807, 2.05) is 19.9 Å². The van der Waals surface area contributed by atoms with Gasteiger partial charge in [0.1, 0.15) is 0 Å². The summed E-state index contributed by atoms with van der Waals surface area (Å²) >= 11 is 5.91. The van der Waals surface area contributed by atoms with Crippen molar-refractivity contribution in [2.75, 3.05) is 10.6 Å². The molecular formula is C16H14ClN5O. The van der Waals surface area contributed by atoms with Crippen LogP contribution in [0.15, 0.2) is 36.5 Å². The lowest BCUT2D eigenvalue weighted by atomic mass is 10.2. The highest BCUT2D eigenvalue weighted by molar-refractivity contribution is 6.32. The Morgan fingerprint density at radius 3 is 2.52 bits per heavy atom. The summed E-state index contributed by atoms with van der Waals surface area (Å²) < 4.78 is 0. The van der Waals surface area contributed by atoms with Gasteiger partial charge >= 0.3 is 6.03 Å². The quantitative estimate of drug-likeness (QED) is 0.699. The minimum atomic E-state index is -0.406. The molecule has 0 unspecified atom stereocenters. The van der Waals surface area contributed by atoms with Crippen molar-refractivity contribution in [1.82, 2.24) is 15.0 Å². The van der Waals surface area contributed by atoms with E-state index in [1.54, 1.807) is 30.5 Å². The average Bonchev–Trinajstić information content (AvgIpc) is 2.51. The molecule has 0 bridgehead atoms. The summed E-state index contributed by atoms with van der Waals surface area (Å²) in [6, 6.07) is 8.33. The molecule has 7 heteroatoms. The predicted molar refractivity (Wildman–Crippen MR) is 90.9 cm³/mol. The zero-order chi connectivity index (χ0) is 16.4. The number of fused-ring (bicyclic) bond motifs is 1. The highest BCUT2D eigenvalue weighted by atomic mass is 35.5. The number of hydrogen-bond acceptors (Lipinski definition) is 4. The van der Waals surface area contributed by atoms with E-state index in [4.69, 9.17) is 11.6 Å². The molecule has 0 fully saturated rings. The molecule has 1 aromatic carbocycles. The summed E-state index contributed by atoms with van der Waals surface area (Å²) in [4.78, 5) is 24.9. The van der Waals surface area contributed by atoms with E-state index in [-0.39, 0.29) is 5.15 Å². The second kappa shape index (κ2) is 6.18. The van der Waals surface area contributed by atoms with Gasteiger partial charge in [0.15, 0.2) is 5.15 Å². The van der Waals surface area contributed by atoms with Gasteiger partial charge in [-0.25, -0.2) is 19.7 Å². The third kappa shape index (κ3) is 3.37. The van der Waals surface area contributed by atoms with Crippen LogP contribution in [0.3, 0.4) is 0 Å². The fourth-order valence-electron chi connectivity index (χ4n) is 2.07. The molecule has 0 spiro atoms. The van der Waals surface area contributed by atoms with E-state index in [0.717, 1.165) is 22.4 Å². The van der Waals surface area contributed by atoms with E-state index in [9.17, 15) is 4.79 Å². The van der Waals surface area contributed by atoms with Gasteiger partial charge in [-0.15, -0.1) is 0 Å². The Bertz CT molecular complexity index is 897. The van der Waals surface area contributed by atoms with E-state index < -0.39 is 6.03 Å². The SMILES string of the molecule is Cc1nc2ccc(NC(=O)Nc3cccnc3Cl)cc2nc1C. The smallest absolute Gasteiger partial charge is 0.308 e. The van der Waals surface area contributed by atoms with Crippen LogP contribution >= 0.6 is 11.6 Å². The minimum absolute atomic E-state index is 0.234. The highest BCUT2D eigenvalue weighted by Gasteiger charge is 2.08. The first-order valence-corrected chi connectivity index (χ1v) is 7.34. The molecule has 3 aromatic rings. The molecule has 0 saturated heterocycles. The molecule has 0 aliphatic heterocycles. The Morgan fingerprint density at radius 2 is 1.78 bits per heavy atom. The first-order valence-electron chi connectivity index (χ1n) is 6.96. The summed E-state index contributed by atoms with van der Waals surface area (Å²) in [5.74, 6) is 0. The normalized spacial score (nSPS) is 10.6. The number of nitrogens with zero attached hydrogens (tertiary/aromatic N) is 3. The van der Waals surface area contributed by atoms with Gasteiger partial charge in [-0.2, -0.15) is 0 Å². The number of anilines is 2. The Morgan fingerprint density at radius 1 is 1.04 bits per heavy atom. The van der Waals surface area contributed by atoms with Crippen molar-refractivity contribution < 1.29 is 4.79 Å². The van der Waals surface area contributed by atoms with Crippen molar-refractivity contribution >= 4 is 40.0 Å². The van der Waals surface area contributed by atoms with Crippen LogP contribution in [0.25, 0.3) is 11.0 Å². The molecular weight excluding hydrogens is 314 g/mol. The maximum Gasteiger partial charge on any atom is 0.323 e. The average molecular weight is 328 g/mol. The molecule has 3 rings (SSSR count). The van der Waals surface area contributed by atoms with Crippen LogP contribution in [-0.2, 0) is 0 Å². The van der Waals surface area contributed by atoms with Crippen molar-refractivity contribution in [2.45, 2.75) is 13.8 Å². The first-order chi connectivity index (χ1) is 11.0. The molecule has 2 aromatic heterocycles. The van der Waals surface area contributed by atoms with Crippen molar-refractivity contribution in [2.24, 2.45) is 0 Å². The number of carbonyl (C=O) groups is 1. The number of urea groups is 1. The van der Waals surface area contributed by atoms with Gasteiger partial charge in [0, 0.05) is 11.9 Å². The molecule has 0 atom stereocenters. The van der Waals surface area contributed by atoms with Crippen molar-refractivity contribution in [1.29, 1.82) is 0 Å². The molecule has 2 amide bonds. The van der Waals surface area contributed by atoms with Crippen molar-refractivity contribution in [3.05, 3.63) is 53.1 Å². The molecule has 0 aliphatic carbocycles. The van der Waals surface area contributed by atoms with Crippen molar-refractivity contribution in [3.8, 4) is 0 Å². The fraction of sp³-hybridized carbons (Fsp3) is 0.125. The largest absolute Gasteiger partial charge is 0.323 e. The number of halogens is 1. The monoisotopic (exact) mass is 327 g/mol. The molecule has 6 nitrogen and oxygen atoms in total. The van der Waals surface area contributed by atoms with Crippen LogP contribution in [0.2, 0.25) is 5.15 Å². The molecule has 23 heavy (non-hydrogen) atoms. The van der Waals surface area contributed by atoms with Gasteiger partial charge in [0.05, 0.1) is 28.1 Å². The van der Waals surface area contributed by atoms with Crippen LogP contribution in [0.5, 0.6) is 0 Å².